The van der Waals surface area contributed by atoms with E-state index in [2.05, 4.69) is 56.6 Å². The lowest BCUT2D eigenvalue weighted by Crippen LogP contribution is -2.08. The number of rotatable bonds is 5. The Morgan fingerprint density at radius 3 is 2.06 bits per heavy atom. The van der Waals surface area contributed by atoms with Gasteiger partial charge in [-0.05, 0) is 84.8 Å². The van der Waals surface area contributed by atoms with Crippen LogP contribution < -0.4 is 16.0 Å². The molecule has 2 radical (unpaired) electrons. The molecule has 3 aromatic rings. The number of nitrogens with one attached hydrogen (secondary N) is 1. The highest BCUT2D eigenvalue weighted by Crippen LogP contribution is 2.16. The molecule has 0 atom stereocenters. The van der Waals surface area contributed by atoms with Gasteiger partial charge in [-0.15, -0.1) is 0 Å². The van der Waals surface area contributed by atoms with Gasteiger partial charge in [0.1, 0.15) is 7.85 Å². The average molecular weight is 488 g/mol. The molecule has 0 heterocycles. The van der Waals surface area contributed by atoms with E-state index in [9.17, 15) is 0 Å². The third kappa shape index (κ3) is 7.62. The van der Waals surface area contributed by atoms with Crippen LogP contribution in [0.1, 0.15) is 33.4 Å². The zero-order chi connectivity index (χ0) is 22.1. The quantitative estimate of drug-likeness (QED) is 0.326. The summed E-state index contributed by atoms with van der Waals surface area (Å²) in [4.78, 5) is 2.65. The lowest BCUT2D eigenvalue weighted by Gasteiger charge is -2.02. The highest BCUT2D eigenvalue weighted by Gasteiger charge is 1.99. The molecule has 0 aliphatic rings. The molecular weight excluding hydrogens is 466 g/mol. The summed E-state index contributed by atoms with van der Waals surface area (Å²) >= 11 is 9.12. The molecule has 0 aromatic heterocycles. The van der Waals surface area contributed by atoms with Crippen molar-refractivity contribution in [3.8, 4) is 23.7 Å². The van der Waals surface area contributed by atoms with Crippen molar-refractivity contribution in [1.82, 2.24) is 4.84 Å². The summed E-state index contributed by atoms with van der Waals surface area (Å²) < 4.78 is 1.000. The number of halogens is 2. The van der Waals surface area contributed by atoms with E-state index in [1.54, 1.807) is 0 Å². The van der Waals surface area contributed by atoms with Crippen molar-refractivity contribution in [2.45, 2.75) is 12.8 Å². The van der Waals surface area contributed by atoms with E-state index in [4.69, 9.17) is 25.4 Å². The molecule has 31 heavy (non-hydrogen) atoms. The van der Waals surface area contributed by atoms with E-state index in [-0.39, 0.29) is 0 Å². The minimum absolute atomic E-state index is 0.583. The summed E-state index contributed by atoms with van der Waals surface area (Å²) in [5.74, 6) is 12.9. The van der Waals surface area contributed by atoms with Gasteiger partial charge in [-0.2, -0.15) is 0 Å². The second-order valence-electron chi connectivity index (χ2n) is 7.06. The van der Waals surface area contributed by atoms with Crippen molar-refractivity contribution in [2.75, 3.05) is 13.1 Å². The highest BCUT2D eigenvalue weighted by atomic mass is 79.9. The Balaban J connectivity index is 1.80. The van der Waals surface area contributed by atoms with Gasteiger partial charge in [-0.25, -0.2) is 4.84 Å². The maximum atomic E-state index is 5.99. The van der Waals surface area contributed by atoms with Gasteiger partial charge in [0, 0.05) is 33.3 Å². The molecule has 2 nitrogen and oxygen atoms in total. The summed E-state index contributed by atoms with van der Waals surface area (Å²) in [5.41, 5.74) is 12.3. The standard InChI is InChI=1S/C26H21BBrClN2/c27-25-15-21(13-23(16-25)8-10-30)6-4-19-2-1-3-20(12-19)5-7-22-14-24(9-11-31-29)18-26(28)17-22/h1-3,12-18,31H,8-11,30H2. The predicted octanol–water partition coefficient (Wildman–Crippen LogP) is 3.83. The van der Waals surface area contributed by atoms with E-state index in [1.807, 2.05) is 48.5 Å². The Morgan fingerprint density at radius 2 is 1.42 bits per heavy atom. The van der Waals surface area contributed by atoms with Gasteiger partial charge in [-0.1, -0.05) is 63.3 Å². The minimum atomic E-state index is 0.583. The maximum absolute atomic E-state index is 5.99. The van der Waals surface area contributed by atoms with Crippen LogP contribution in [0.15, 0.2) is 65.1 Å². The van der Waals surface area contributed by atoms with Gasteiger partial charge in [0.25, 0.3) is 0 Å². The molecule has 0 spiro atoms. The molecular formula is C26H21BBrClN2. The maximum Gasteiger partial charge on any atom is 0.113 e. The first-order chi connectivity index (χ1) is 15.1. The van der Waals surface area contributed by atoms with Crippen molar-refractivity contribution in [3.63, 3.8) is 0 Å². The molecule has 152 valence electrons. The van der Waals surface area contributed by atoms with E-state index in [0.29, 0.717) is 18.6 Å². The third-order valence-electron chi connectivity index (χ3n) is 4.48. The first-order valence-corrected chi connectivity index (χ1v) is 11.1. The molecule has 0 amide bonds. The Bertz CT molecular complexity index is 1190. The van der Waals surface area contributed by atoms with Gasteiger partial charge >= 0.3 is 0 Å². The van der Waals surface area contributed by atoms with Crippen molar-refractivity contribution >= 4 is 41.0 Å². The van der Waals surface area contributed by atoms with Gasteiger partial charge in [-0.3, -0.25) is 0 Å². The summed E-state index contributed by atoms with van der Waals surface area (Å²) in [6.45, 7) is 1.28. The van der Waals surface area contributed by atoms with E-state index in [1.165, 1.54) is 5.56 Å². The molecule has 0 unspecified atom stereocenters. The van der Waals surface area contributed by atoms with Crippen LogP contribution >= 0.6 is 27.7 Å². The molecule has 0 saturated carbocycles. The number of benzene rings is 3. The van der Waals surface area contributed by atoms with Crippen LogP contribution in [0.2, 0.25) is 0 Å². The topological polar surface area (TPSA) is 38.0 Å². The van der Waals surface area contributed by atoms with E-state index < -0.39 is 0 Å². The van der Waals surface area contributed by atoms with Crippen molar-refractivity contribution in [1.29, 1.82) is 0 Å². The highest BCUT2D eigenvalue weighted by molar-refractivity contribution is 9.10. The Hall–Kier alpha value is -2.47. The van der Waals surface area contributed by atoms with Crippen LogP contribution in [-0.4, -0.2) is 20.9 Å². The second kappa shape index (κ2) is 11.8. The number of hydrogen-bond acceptors (Lipinski definition) is 2. The van der Waals surface area contributed by atoms with Gasteiger partial charge in [0.2, 0.25) is 0 Å². The Labute approximate surface area is 199 Å². The van der Waals surface area contributed by atoms with Crippen LogP contribution in [0.3, 0.4) is 0 Å². The molecule has 0 aliphatic heterocycles. The van der Waals surface area contributed by atoms with Gasteiger partial charge in [0.15, 0.2) is 0 Å². The number of nitrogens with two attached hydrogens (primary N) is 1. The van der Waals surface area contributed by atoms with Gasteiger partial charge < -0.3 is 5.73 Å². The van der Waals surface area contributed by atoms with Crippen LogP contribution in [0, 0.1) is 23.7 Å². The van der Waals surface area contributed by atoms with E-state index in [0.717, 1.165) is 45.1 Å². The monoisotopic (exact) mass is 486 g/mol. The van der Waals surface area contributed by atoms with Gasteiger partial charge in [0.05, 0.1) is 0 Å². The molecule has 5 heteroatoms. The molecule has 0 saturated heterocycles. The SMILES string of the molecule is [B]c1cc(C#Cc2cccc(C#Cc3cc(Br)cc(CCNCl)c3)c2)cc(CCN)c1. The fraction of sp³-hybridized carbons (Fsp3) is 0.154. The smallest absolute Gasteiger partial charge is 0.113 e. The zero-order valence-corrected chi connectivity index (χ0v) is 19.4. The van der Waals surface area contributed by atoms with Crippen LogP contribution in [0.5, 0.6) is 0 Å². The molecule has 3 N–H and O–H groups in total. The van der Waals surface area contributed by atoms with Crippen LogP contribution in [-0.2, 0) is 12.8 Å². The minimum Gasteiger partial charge on any atom is -0.330 e. The zero-order valence-electron chi connectivity index (χ0n) is 17.0. The van der Waals surface area contributed by atoms with E-state index >= 15 is 0 Å². The first kappa shape index (κ1) is 23.2. The molecule has 0 aliphatic carbocycles. The Morgan fingerprint density at radius 1 is 0.806 bits per heavy atom. The van der Waals surface area contributed by atoms with Crippen LogP contribution in [0.4, 0.5) is 0 Å². The summed E-state index contributed by atoms with van der Waals surface area (Å²) in [5, 5.41) is 0. The summed E-state index contributed by atoms with van der Waals surface area (Å²) in [6.07, 6.45) is 1.62. The summed E-state index contributed by atoms with van der Waals surface area (Å²) in [6, 6.07) is 19.9. The molecule has 0 fully saturated rings. The molecule has 3 aromatic carbocycles. The first-order valence-electron chi connectivity index (χ1n) is 9.92. The molecule has 3 rings (SSSR count). The fourth-order valence-electron chi connectivity index (χ4n) is 3.12. The third-order valence-corrected chi connectivity index (χ3v) is 5.13. The lowest BCUT2D eigenvalue weighted by molar-refractivity contribution is 0.898. The number of hydrogen-bond donors (Lipinski definition) is 2. The lowest BCUT2D eigenvalue weighted by atomic mass is 9.91. The second-order valence-corrected chi connectivity index (χ2v) is 8.25. The fourth-order valence-corrected chi connectivity index (χ4v) is 3.76. The predicted molar refractivity (Wildman–Crippen MR) is 135 cm³/mol. The van der Waals surface area contributed by atoms with Crippen molar-refractivity contribution in [3.05, 3.63) is 98.5 Å². The summed E-state index contributed by atoms with van der Waals surface area (Å²) in [7, 11) is 5.99. The average Bonchev–Trinajstić information content (AvgIpc) is 2.75. The van der Waals surface area contributed by atoms with Crippen molar-refractivity contribution in [2.24, 2.45) is 5.73 Å². The normalized spacial score (nSPS) is 10.0. The molecule has 0 bridgehead atoms. The Kier molecular flexibility index (Phi) is 8.83. The van der Waals surface area contributed by atoms with Crippen LogP contribution in [0.25, 0.3) is 0 Å². The largest absolute Gasteiger partial charge is 0.330 e. The van der Waals surface area contributed by atoms with Crippen molar-refractivity contribution < 1.29 is 0 Å².